The molecule has 0 amide bonds. The Morgan fingerprint density at radius 1 is 1.22 bits per heavy atom. The number of aliphatic hydroxyl groups excluding tert-OH is 1. The first kappa shape index (κ1) is 13.7. The van der Waals surface area contributed by atoms with Crippen LogP contribution in [0.4, 0.5) is 5.69 Å². The molecule has 0 atom stereocenters. The zero-order valence-electron chi connectivity index (χ0n) is 11.2. The molecule has 2 nitrogen and oxygen atoms in total. The molecule has 0 aromatic heterocycles. The summed E-state index contributed by atoms with van der Waals surface area (Å²) >= 11 is 6.12. The SMILES string of the molecule is CC(C)(CO)c1cc(Cl)ccc1N1CCCCC1. The van der Waals surface area contributed by atoms with Gasteiger partial charge in [-0.2, -0.15) is 0 Å². The molecule has 0 spiro atoms. The maximum absolute atomic E-state index is 9.60. The number of anilines is 1. The van der Waals surface area contributed by atoms with Gasteiger partial charge in [-0.3, -0.25) is 0 Å². The largest absolute Gasteiger partial charge is 0.395 e. The van der Waals surface area contributed by atoms with Crippen molar-refractivity contribution in [1.82, 2.24) is 0 Å². The van der Waals surface area contributed by atoms with E-state index in [1.165, 1.54) is 24.9 Å². The van der Waals surface area contributed by atoms with Crippen LogP contribution in [0.25, 0.3) is 0 Å². The van der Waals surface area contributed by atoms with Crippen molar-refractivity contribution in [3.05, 3.63) is 28.8 Å². The van der Waals surface area contributed by atoms with E-state index in [0.29, 0.717) is 0 Å². The molecule has 3 heteroatoms. The number of halogens is 1. The van der Waals surface area contributed by atoms with Crippen molar-refractivity contribution in [1.29, 1.82) is 0 Å². The molecule has 100 valence electrons. The minimum Gasteiger partial charge on any atom is -0.395 e. The van der Waals surface area contributed by atoms with Crippen molar-refractivity contribution in [3.63, 3.8) is 0 Å². The number of hydrogen-bond donors (Lipinski definition) is 1. The van der Waals surface area contributed by atoms with Crippen LogP contribution >= 0.6 is 11.6 Å². The minimum atomic E-state index is -0.252. The maximum atomic E-state index is 9.60. The lowest BCUT2D eigenvalue weighted by molar-refractivity contribution is 0.218. The first-order valence-corrected chi connectivity index (χ1v) is 7.08. The van der Waals surface area contributed by atoms with Gasteiger partial charge in [0.05, 0.1) is 6.61 Å². The van der Waals surface area contributed by atoms with Gasteiger partial charge in [0.1, 0.15) is 0 Å². The average molecular weight is 268 g/mol. The second-order valence-electron chi connectivity index (χ2n) is 5.75. The highest BCUT2D eigenvalue weighted by Crippen LogP contribution is 2.35. The number of aliphatic hydroxyl groups is 1. The molecule has 1 saturated heterocycles. The molecule has 0 unspecified atom stereocenters. The molecule has 1 N–H and O–H groups in total. The quantitative estimate of drug-likeness (QED) is 0.905. The molecule has 1 aromatic rings. The summed E-state index contributed by atoms with van der Waals surface area (Å²) in [6.07, 6.45) is 3.83. The molecular weight excluding hydrogens is 246 g/mol. The molecule has 0 radical (unpaired) electrons. The van der Waals surface area contributed by atoms with Crippen molar-refractivity contribution in [2.45, 2.75) is 38.5 Å². The van der Waals surface area contributed by atoms with Crippen molar-refractivity contribution in [2.75, 3.05) is 24.6 Å². The normalized spacial score (nSPS) is 17.0. The van der Waals surface area contributed by atoms with Crippen LogP contribution in [0.1, 0.15) is 38.7 Å². The topological polar surface area (TPSA) is 23.5 Å². The maximum Gasteiger partial charge on any atom is 0.0523 e. The van der Waals surface area contributed by atoms with Crippen LogP contribution in [0, 0.1) is 0 Å². The average Bonchev–Trinajstić information content (AvgIpc) is 2.39. The van der Waals surface area contributed by atoms with Crippen LogP contribution in [-0.4, -0.2) is 24.8 Å². The minimum absolute atomic E-state index is 0.133. The third-order valence-electron chi connectivity index (χ3n) is 3.78. The van der Waals surface area contributed by atoms with Gasteiger partial charge in [-0.25, -0.2) is 0 Å². The molecule has 2 rings (SSSR count). The second kappa shape index (κ2) is 5.50. The van der Waals surface area contributed by atoms with Gasteiger partial charge < -0.3 is 10.0 Å². The molecule has 0 bridgehead atoms. The summed E-state index contributed by atoms with van der Waals surface area (Å²) in [7, 11) is 0. The Morgan fingerprint density at radius 3 is 2.50 bits per heavy atom. The van der Waals surface area contributed by atoms with Crippen molar-refractivity contribution in [3.8, 4) is 0 Å². The molecular formula is C15H22ClNO. The number of nitrogens with zero attached hydrogens (tertiary/aromatic N) is 1. The monoisotopic (exact) mass is 267 g/mol. The molecule has 1 aliphatic rings. The summed E-state index contributed by atoms with van der Waals surface area (Å²) in [5.41, 5.74) is 2.13. The van der Waals surface area contributed by atoms with E-state index in [2.05, 4.69) is 24.8 Å². The molecule has 1 fully saturated rings. The summed E-state index contributed by atoms with van der Waals surface area (Å²) in [6, 6.07) is 6.05. The van der Waals surface area contributed by atoms with Gasteiger partial charge in [-0.05, 0) is 43.0 Å². The van der Waals surface area contributed by atoms with E-state index in [1.807, 2.05) is 12.1 Å². The molecule has 0 aliphatic carbocycles. The third kappa shape index (κ3) is 2.81. The predicted molar refractivity (Wildman–Crippen MR) is 77.6 cm³/mol. The summed E-state index contributed by atoms with van der Waals surface area (Å²) in [5, 5.41) is 10.3. The van der Waals surface area contributed by atoms with E-state index < -0.39 is 0 Å². The van der Waals surface area contributed by atoms with Gasteiger partial charge in [0, 0.05) is 29.2 Å². The Hall–Kier alpha value is -0.730. The smallest absolute Gasteiger partial charge is 0.0523 e. The fourth-order valence-corrected chi connectivity index (χ4v) is 2.72. The van der Waals surface area contributed by atoms with Crippen LogP contribution in [0.5, 0.6) is 0 Å². The van der Waals surface area contributed by atoms with Crippen molar-refractivity contribution in [2.24, 2.45) is 0 Å². The van der Waals surface area contributed by atoms with E-state index in [-0.39, 0.29) is 12.0 Å². The Balaban J connectivity index is 2.39. The lowest BCUT2D eigenvalue weighted by atomic mass is 9.84. The summed E-state index contributed by atoms with van der Waals surface area (Å²) in [5.74, 6) is 0. The zero-order valence-corrected chi connectivity index (χ0v) is 12.0. The summed E-state index contributed by atoms with van der Waals surface area (Å²) in [6.45, 7) is 6.47. The van der Waals surface area contributed by atoms with E-state index in [0.717, 1.165) is 23.7 Å². The highest BCUT2D eigenvalue weighted by atomic mass is 35.5. The van der Waals surface area contributed by atoms with Gasteiger partial charge in [0.2, 0.25) is 0 Å². The summed E-state index contributed by atoms with van der Waals surface area (Å²) in [4.78, 5) is 2.42. The number of rotatable bonds is 3. The number of piperidine rings is 1. The van der Waals surface area contributed by atoms with Gasteiger partial charge >= 0.3 is 0 Å². The van der Waals surface area contributed by atoms with Gasteiger partial charge in [0.25, 0.3) is 0 Å². The molecule has 1 heterocycles. The van der Waals surface area contributed by atoms with E-state index in [1.54, 1.807) is 0 Å². The highest BCUT2D eigenvalue weighted by Gasteiger charge is 2.26. The van der Waals surface area contributed by atoms with Gasteiger partial charge in [-0.1, -0.05) is 25.4 Å². The first-order valence-electron chi connectivity index (χ1n) is 6.70. The fraction of sp³-hybridized carbons (Fsp3) is 0.600. The van der Waals surface area contributed by atoms with Crippen molar-refractivity contribution < 1.29 is 5.11 Å². The number of hydrogen-bond acceptors (Lipinski definition) is 2. The Bertz CT molecular complexity index is 411. The lowest BCUT2D eigenvalue weighted by Gasteiger charge is -2.34. The van der Waals surface area contributed by atoms with Crippen LogP contribution in [-0.2, 0) is 5.41 Å². The van der Waals surface area contributed by atoms with Crippen LogP contribution in [0.15, 0.2) is 18.2 Å². The molecule has 18 heavy (non-hydrogen) atoms. The lowest BCUT2D eigenvalue weighted by Crippen LogP contribution is -2.33. The van der Waals surface area contributed by atoms with Crippen LogP contribution in [0.3, 0.4) is 0 Å². The Kier molecular flexibility index (Phi) is 4.18. The Morgan fingerprint density at radius 2 is 1.89 bits per heavy atom. The van der Waals surface area contributed by atoms with Crippen LogP contribution < -0.4 is 4.90 Å². The third-order valence-corrected chi connectivity index (χ3v) is 4.01. The zero-order chi connectivity index (χ0) is 13.2. The Labute approximate surface area is 115 Å². The van der Waals surface area contributed by atoms with E-state index >= 15 is 0 Å². The number of benzene rings is 1. The summed E-state index contributed by atoms with van der Waals surface area (Å²) < 4.78 is 0. The fourth-order valence-electron chi connectivity index (χ4n) is 2.55. The standard InChI is InChI=1S/C15H22ClNO/c1-15(2,11-18)13-10-12(16)6-7-14(13)17-8-4-3-5-9-17/h6-7,10,18H,3-5,8-9,11H2,1-2H3. The van der Waals surface area contributed by atoms with Crippen molar-refractivity contribution >= 4 is 17.3 Å². The highest BCUT2D eigenvalue weighted by molar-refractivity contribution is 6.30. The molecule has 1 aliphatic heterocycles. The molecule has 0 saturated carbocycles. The predicted octanol–water partition coefficient (Wildman–Crippen LogP) is 3.60. The molecule has 1 aromatic carbocycles. The van der Waals surface area contributed by atoms with Crippen LogP contribution in [0.2, 0.25) is 5.02 Å². The van der Waals surface area contributed by atoms with E-state index in [4.69, 9.17) is 11.6 Å². The first-order chi connectivity index (χ1) is 8.54. The van der Waals surface area contributed by atoms with Gasteiger partial charge in [-0.15, -0.1) is 0 Å². The second-order valence-corrected chi connectivity index (χ2v) is 6.19. The van der Waals surface area contributed by atoms with E-state index in [9.17, 15) is 5.11 Å². The van der Waals surface area contributed by atoms with Gasteiger partial charge in [0.15, 0.2) is 0 Å².